The molecule has 1 aliphatic carbocycles. The van der Waals surface area contributed by atoms with Gasteiger partial charge in [-0.3, -0.25) is 4.79 Å². The van der Waals surface area contributed by atoms with Gasteiger partial charge in [-0.25, -0.2) is 4.98 Å². The quantitative estimate of drug-likeness (QED) is 0.858. The lowest BCUT2D eigenvalue weighted by molar-refractivity contribution is -0.0511. The van der Waals surface area contributed by atoms with Gasteiger partial charge in [0.2, 0.25) is 0 Å². The monoisotopic (exact) mass is 276 g/mol. The Bertz CT molecular complexity index is 497. The molecule has 1 aromatic rings. The number of aromatic nitrogens is 1. The van der Waals surface area contributed by atoms with Crippen LogP contribution in [0.5, 0.6) is 0 Å². The van der Waals surface area contributed by atoms with Crippen LogP contribution in [0.15, 0.2) is 12.3 Å². The van der Waals surface area contributed by atoms with E-state index >= 15 is 0 Å². The molecule has 0 aromatic carbocycles. The topological polar surface area (TPSA) is 65.2 Å². The fourth-order valence-corrected chi connectivity index (χ4v) is 3.19. The molecule has 4 nitrogen and oxygen atoms in total. The highest BCUT2D eigenvalue weighted by Gasteiger charge is 2.43. The van der Waals surface area contributed by atoms with Gasteiger partial charge in [-0.1, -0.05) is 13.3 Å². The van der Waals surface area contributed by atoms with E-state index in [9.17, 15) is 4.79 Å². The molecular weight excluding hydrogens is 252 g/mol. The van der Waals surface area contributed by atoms with Crippen molar-refractivity contribution in [2.45, 2.75) is 52.1 Å². The third-order valence-corrected chi connectivity index (χ3v) is 4.09. The first-order valence-electron chi connectivity index (χ1n) is 7.39. The molecule has 1 aliphatic rings. The molecule has 1 heterocycles. The first-order valence-corrected chi connectivity index (χ1v) is 7.39. The van der Waals surface area contributed by atoms with Gasteiger partial charge in [-0.2, -0.15) is 0 Å². The summed E-state index contributed by atoms with van der Waals surface area (Å²) in [7, 11) is 0. The minimum absolute atomic E-state index is 0.000370. The Morgan fingerprint density at radius 3 is 3.00 bits per heavy atom. The van der Waals surface area contributed by atoms with Crippen molar-refractivity contribution in [2.75, 3.05) is 12.3 Å². The second-order valence-electron chi connectivity index (χ2n) is 5.90. The standard InChI is InChI=1S/C16H24N2O2/c1-4-20-16(7-5-6-11(2)9-16)14(19)13-8-12(3)10-18-15(13)17/h8,10-11H,4-7,9H2,1-3H3,(H2,17,18). The van der Waals surface area contributed by atoms with Gasteiger partial charge in [0.05, 0.1) is 5.56 Å². The minimum Gasteiger partial charge on any atom is -0.383 e. The smallest absolute Gasteiger partial charge is 0.198 e. The summed E-state index contributed by atoms with van der Waals surface area (Å²) < 4.78 is 5.92. The predicted molar refractivity (Wildman–Crippen MR) is 79.7 cm³/mol. The zero-order valence-corrected chi connectivity index (χ0v) is 12.6. The van der Waals surface area contributed by atoms with Crippen LogP contribution in [0.2, 0.25) is 0 Å². The van der Waals surface area contributed by atoms with Crippen LogP contribution in [0.1, 0.15) is 55.5 Å². The van der Waals surface area contributed by atoms with Crippen molar-refractivity contribution in [1.29, 1.82) is 0 Å². The molecule has 1 aromatic heterocycles. The van der Waals surface area contributed by atoms with E-state index < -0.39 is 5.60 Å². The number of ketones is 1. The van der Waals surface area contributed by atoms with Gasteiger partial charge in [0.1, 0.15) is 11.4 Å². The summed E-state index contributed by atoms with van der Waals surface area (Å²) in [5.41, 5.74) is 6.64. The number of Topliss-reactive ketones (excluding diaryl/α,β-unsaturated/α-hetero) is 1. The van der Waals surface area contributed by atoms with Crippen LogP contribution < -0.4 is 5.73 Å². The number of nitrogens with two attached hydrogens (primary N) is 1. The lowest BCUT2D eigenvalue weighted by Crippen LogP contribution is -2.45. The van der Waals surface area contributed by atoms with E-state index in [1.54, 1.807) is 6.20 Å². The highest BCUT2D eigenvalue weighted by atomic mass is 16.5. The summed E-state index contributed by atoms with van der Waals surface area (Å²) in [6.07, 6.45) is 5.41. The van der Waals surface area contributed by atoms with Crippen LogP contribution in [-0.4, -0.2) is 23.0 Å². The number of pyridine rings is 1. The van der Waals surface area contributed by atoms with E-state index in [1.165, 1.54) is 0 Å². The fourth-order valence-electron chi connectivity index (χ4n) is 3.19. The molecule has 1 saturated carbocycles. The highest BCUT2D eigenvalue weighted by molar-refractivity contribution is 6.05. The molecule has 0 spiro atoms. The van der Waals surface area contributed by atoms with E-state index in [0.717, 1.165) is 31.2 Å². The normalized spacial score (nSPS) is 26.4. The molecule has 1 fully saturated rings. The number of rotatable bonds is 4. The third kappa shape index (κ3) is 2.85. The number of hydrogen-bond donors (Lipinski definition) is 1. The molecule has 20 heavy (non-hydrogen) atoms. The maximum Gasteiger partial charge on any atom is 0.198 e. The Hall–Kier alpha value is -1.42. The number of carbonyl (C=O) groups excluding carboxylic acids is 1. The zero-order chi connectivity index (χ0) is 14.8. The number of nitrogens with zero attached hydrogens (tertiary/aromatic N) is 1. The van der Waals surface area contributed by atoms with Gasteiger partial charge in [0.25, 0.3) is 0 Å². The van der Waals surface area contributed by atoms with E-state index in [4.69, 9.17) is 10.5 Å². The van der Waals surface area contributed by atoms with Crippen LogP contribution >= 0.6 is 0 Å². The van der Waals surface area contributed by atoms with E-state index in [2.05, 4.69) is 11.9 Å². The highest BCUT2D eigenvalue weighted by Crippen LogP contribution is 2.38. The number of aryl methyl sites for hydroxylation is 1. The number of carbonyl (C=O) groups is 1. The van der Waals surface area contributed by atoms with Gasteiger partial charge >= 0.3 is 0 Å². The van der Waals surface area contributed by atoms with Crippen molar-refractivity contribution in [2.24, 2.45) is 5.92 Å². The second kappa shape index (κ2) is 5.92. The molecule has 0 bridgehead atoms. The Morgan fingerprint density at radius 2 is 2.35 bits per heavy atom. The first-order chi connectivity index (χ1) is 9.48. The molecule has 110 valence electrons. The van der Waals surface area contributed by atoms with Crippen LogP contribution in [-0.2, 0) is 4.74 Å². The van der Waals surface area contributed by atoms with Crippen LogP contribution in [0.3, 0.4) is 0 Å². The molecule has 2 rings (SSSR count). The Kier molecular flexibility index (Phi) is 4.43. The summed E-state index contributed by atoms with van der Waals surface area (Å²) in [4.78, 5) is 17.1. The molecule has 2 atom stereocenters. The number of ether oxygens (including phenoxy) is 1. The molecular formula is C16H24N2O2. The molecule has 2 unspecified atom stereocenters. The molecule has 0 aliphatic heterocycles. The van der Waals surface area contributed by atoms with E-state index in [0.29, 0.717) is 23.9 Å². The molecule has 2 N–H and O–H groups in total. The Morgan fingerprint density at radius 1 is 1.60 bits per heavy atom. The first kappa shape index (κ1) is 15.0. The van der Waals surface area contributed by atoms with E-state index in [-0.39, 0.29) is 5.78 Å². The molecule has 0 saturated heterocycles. The summed E-state index contributed by atoms with van der Waals surface area (Å²) >= 11 is 0. The van der Waals surface area contributed by atoms with Crippen molar-refractivity contribution < 1.29 is 9.53 Å². The third-order valence-electron chi connectivity index (χ3n) is 4.09. The second-order valence-corrected chi connectivity index (χ2v) is 5.90. The summed E-state index contributed by atoms with van der Waals surface area (Å²) in [6, 6.07) is 1.82. The van der Waals surface area contributed by atoms with Crippen molar-refractivity contribution in [3.8, 4) is 0 Å². The predicted octanol–water partition coefficient (Wildman–Crippen LogP) is 3.14. The minimum atomic E-state index is -0.712. The summed E-state index contributed by atoms with van der Waals surface area (Å²) in [6.45, 7) is 6.57. The zero-order valence-electron chi connectivity index (χ0n) is 12.6. The number of anilines is 1. The van der Waals surface area contributed by atoms with Crippen molar-refractivity contribution in [3.05, 3.63) is 23.4 Å². The van der Waals surface area contributed by atoms with Gasteiger partial charge in [-0.05, 0) is 50.7 Å². The van der Waals surface area contributed by atoms with Crippen LogP contribution in [0, 0.1) is 12.8 Å². The van der Waals surface area contributed by atoms with Crippen LogP contribution in [0.4, 0.5) is 5.82 Å². The average Bonchev–Trinajstić information content (AvgIpc) is 2.41. The summed E-state index contributed by atoms with van der Waals surface area (Å²) in [5.74, 6) is 0.802. The summed E-state index contributed by atoms with van der Waals surface area (Å²) in [5, 5.41) is 0. The van der Waals surface area contributed by atoms with E-state index in [1.807, 2.05) is 19.9 Å². The molecule has 0 radical (unpaired) electrons. The van der Waals surface area contributed by atoms with Crippen LogP contribution in [0.25, 0.3) is 0 Å². The van der Waals surface area contributed by atoms with Gasteiger partial charge in [-0.15, -0.1) is 0 Å². The van der Waals surface area contributed by atoms with Crippen molar-refractivity contribution in [1.82, 2.24) is 4.98 Å². The maximum absolute atomic E-state index is 13.0. The number of hydrogen-bond acceptors (Lipinski definition) is 4. The number of nitrogen functional groups attached to an aromatic ring is 1. The van der Waals surface area contributed by atoms with Gasteiger partial charge < -0.3 is 10.5 Å². The van der Waals surface area contributed by atoms with Gasteiger partial charge in [0.15, 0.2) is 5.78 Å². The maximum atomic E-state index is 13.0. The molecule has 4 heteroatoms. The fraction of sp³-hybridized carbons (Fsp3) is 0.625. The Balaban J connectivity index is 2.38. The lowest BCUT2D eigenvalue weighted by atomic mass is 9.74. The van der Waals surface area contributed by atoms with Crippen molar-refractivity contribution >= 4 is 11.6 Å². The molecule has 0 amide bonds. The van der Waals surface area contributed by atoms with Crippen molar-refractivity contribution in [3.63, 3.8) is 0 Å². The Labute approximate surface area is 120 Å². The largest absolute Gasteiger partial charge is 0.383 e. The van der Waals surface area contributed by atoms with Gasteiger partial charge in [0, 0.05) is 12.8 Å². The SMILES string of the molecule is CCOC1(C(=O)c2cc(C)cnc2N)CCCC(C)C1. The average molecular weight is 276 g/mol. The lowest BCUT2D eigenvalue weighted by Gasteiger charge is -2.38.